The van der Waals surface area contributed by atoms with Gasteiger partial charge in [0.2, 0.25) is 0 Å². The van der Waals surface area contributed by atoms with Gasteiger partial charge in [-0.3, -0.25) is 4.52 Å². The van der Waals surface area contributed by atoms with E-state index < -0.39 is 13.4 Å². The minimum atomic E-state index is -4.39. The molecule has 0 aromatic heterocycles. The summed E-state index contributed by atoms with van der Waals surface area (Å²) in [4.78, 5) is 16.9. The monoisotopic (exact) mass is 227 g/mol. The van der Waals surface area contributed by atoms with Crippen LogP contribution in [0.1, 0.15) is 20.3 Å². The Morgan fingerprint density at radius 2 is 2.00 bits per heavy atom. The Labute approximate surface area is 83.5 Å². The zero-order valence-corrected chi connectivity index (χ0v) is 9.33. The smallest absolute Gasteiger partial charge is 0.396 e. The normalized spacial score (nSPS) is 13.2. The topological polar surface area (TPSA) is 99.0 Å². The lowest BCUT2D eigenvalue weighted by molar-refractivity contribution is 0.146. The van der Waals surface area contributed by atoms with Crippen molar-refractivity contribution in [3.05, 3.63) is 0 Å². The maximum Gasteiger partial charge on any atom is 0.469 e. The van der Waals surface area contributed by atoms with Gasteiger partial charge in [-0.15, -0.1) is 0 Å². The van der Waals surface area contributed by atoms with E-state index in [9.17, 15) is 4.57 Å². The molecule has 0 aliphatic carbocycles. The molecule has 14 heavy (non-hydrogen) atoms. The fraction of sp³-hybridized carbons (Fsp3) is 1.00. The van der Waals surface area contributed by atoms with Gasteiger partial charge >= 0.3 is 7.82 Å². The van der Waals surface area contributed by atoms with Crippen LogP contribution in [0.5, 0.6) is 0 Å². The van der Waals surface area contributed by atoms with E-state index in [4.69, 9.17) is 14.9 Å². The summed E-state index contributed by atoms with van der Waals surface area (Å²) in [5.74, 6) is 0. The Bertz CT molecular complexity index is 202. The summed E-state index contributed by atoms with van der Waals surface area (Å²) in [6, 6.07) is 0. The SMILES string of the molecule is CC(C)(COP(=O)(O)O)NCCCO. The van der Waals surface area contributed by atoms with Crippen molar-refractivity contribution in [3.8, 4) is 0 Å². The Morgan fingerprint density at radius 3 is 2.43 bits per heavy atom. The molecule has 0 rings (SSSR count). The van der Waals surface area contributed by atoms with Crippen molar-refractivity contribution in [1.29, 1.82) is 0 Å². The molecule has 0 amide bonds. The van der Waals surface area contributed by atoms with E-state index in [0.717, 1.165) is 0 Å². The molecule has 0 bridgehead atoms. The summed E-state index contributed by atoms with van der Waals surface area (Å²) >= 11 is 0. The van der Waals surface area contributed by atoms with Crippen molar-refractivity contribution in [3.63, 3.8) is 0 Å². The number of rotatable bonds is 7. The van der Waals surface area contributed by atoms with E-state index >= 15 is 0 Å². The standard InChI is InChI=1S/C7H18NO5P/c1-7(2,8-4-3-5-9)6-13-14(10,11)12/h8-9H,3-6H2,1-2H3,(H2,10,11,12). The van der Waals surface area contributed by atoms with Gasteiger partial charge in [-0.25, -0.2) is 4.57 Å². The lowest BCUT2D eigenvalue weighted by Gasteiger charge is -2.25. The third kappa shape index (κ3) is 8.62. The summed E-state index contributed by atoms with van der Waals surface area (Å²) in [5, 5.41) is 11.5. The van der Waals surface area contributed by atoms with Crippen LogP contribution in [0.2, 0.25) is 0 Å². The van der Waals surface area contributed by atoms with Crippen molar-refractivity contribution < 1.29 is 24.0 Å². The molecule has 7 heteroatoms. The van der Waals surface area contributed by atoms with Gasteiger partial charge in [0.05, 0.1) is 6.61 Å². The van der Waals surface area contributed by atoms with Crippen LogP contribution in [0.15, 0.2) is 0 Å². The van der Waals surface area contributed by atoms with Crippen molar-refractivity contribution in [2.75, 3.05) is 19.8 Å². The molecule has 0 saturated heterocycles. The molecular weight excluding hydrogens is 209 g/mol. The number of phosphoric ester groups is 1. The Hall–Kier alpha value is 0.0300. The van der Waals surface area contributed by atoms with E-state index in [1.54, 1.807) is 13.8 Å². The predicted molar refractivity (Wildman–Crippen MR) is 51.8 cm³/mol. The predicted octanol–water partition coefficient (Wildman–Crippen LogP) is -0.154. The van der Waals surface area contributed by atoms with E-state index in [2.05, 4.69) is 9.84 Å². The second-order valence-corrected chi connectivity index (χ2v) is 4.89. The third-order valence-corrected chi connectivity index (χ3v) is 2.00. The number of nitrogens with one attached hydrogen (secondary N) is 1. The zero-order chi connectivity index (χ0) is 11.2. The van der Waals surface area contributed by atoms with Crippen LogP contribution in [0, 0.1) is 0 Å². The minimum Gasteiger partial charge on any atom is -0.396 e. The fourth-order valence-corrected chi connectivity index (χ4v) is 1.29. The first-order valence-corrected chi connectivity index (χ1v) is 5.86. The lowest BCUT2D eigenvalue weighted by Crippen LogP contribution is -2.43. The quantitative estimate of drug-likeness (QED) is 0.356. The first-order chi connectivity index (χ1) is 6.27. The van der Waals surface area contributed by atoms with Gasteiger partial charge in [0, 0.05) is 12.1 Å². The van der Waals surface area contributed by atoms with Crippen LogP contribution in [0.4, 0.5) is 0 Å². The van der Waals surface area contributed by atoms with Gasteiger partial charge in [-0.05, 0) is 26.8 Å². The van der Waals surface area contributed by atoms with E-state index in [0.29, 0.717) is 13.0 Å². The molecular formula is C7H18NO5P. The molecule has 0 saturated carbocycles. The number of hydrogen-bond donors (Lipinski definition) is 4. The average Bonchev–Trinajstić information content (AvgIpc) is 2.00. The van der Waals surface area contributed by atoms with Gasteiger partial charge in [0.15, 0.2) is 0 Å². The Kier molecular flexibility index (Phi) is 5.81. The van der Waals surface area contributed by atoms with Gasteiger partial charge in [-0.2, -0.15) is 0 Å². The second-order valence-electron chi connectivity index (χ2n) is 3.65. The second kappa shape index (κ2) is 5.80. The summed E-state index contributed by atoms with van der Waals surface area (Å²) in [6.45, 7) is 4.11. The van der Waals surface area contributed by atoms with Crippen molar-refractivity contribution in [1.82, 2.24) is 5.32 Å². The van der Waals surface area contributed by atoms with E-state index in [1.807, 2.05) is 0 Å². The highest BCUT2D eigenvalue weighted by atomic mass is 31.2. The molecule has 86 valence electrons. The number of hydrogen-bond acceptors (Lipinski definition) is 4. The molecule has 4 N–H and O–H groups in total. The molecule has 0 radical (unpaired) electrons. The maximum atomic E-state index is 10.4. The highest BCUT2D eigenvalue weighted by Gasteiger charge is 2.23. The highest BCUT2D eigenvalue weighted by Crippen LogP contribution is 2.36. The van der Waals surface area contributed by atoms with Gasteiger partial charge in [0.1, 0.15) is 0 Å². The van der Waals surface area contributed by atoms with Gasteiger partial charge in [0.25, 0.3) is 0 Å². The van der Waals surface area contributed by atoms with Gasteiger partial charge < -0.3 is 20.2 Å². The van der Waals surface area contributed by atoms with Crippen molar-refractivity contribution >= 4 is 7.82 Å². The Morgan fingerprint density at radius 1 is 1.43 bits per heavy atom. The largest absolute Gasteiger partial charge is 0.469 e. The molecule has 0 aliphatic heterocycles. The summed E-state index contributed by atoms with van der Waals surface area (Å²) in [6.07, 6.45) is 0.597. The molecule has 0 aromatic carbocycles. The van der Waals surface area contributed by atoms with Crippen LogP contribution in [-0.2, 0) is 9.09 Å². The first-order valence-electron chi connectivity index (χ1n) is 4.33. The molecule has 0 fully saturated rings. The molecule has 6 nitrogen and oxygen atoms in total. The van der Waals surface area contributed by atoms with Crippen molar-refractivity contribution in [2.45, 2.75) is 25.8 Å². The molecule has 0 atom stereocenters. The number of phosphoric acid groups is 1. The van der Waals surface area contributed by atoms with Crippen LogP contribution in [0.3, 0.4) is 0 Å². The highest BCUT2D eigenvalue weighted by molar-refractivity contribution is 7.46. The zero-order valence-electron chi connectivity index (χ0n) is 8.43. The maximum absolute atomic E-state index is 10.4. The molecule has 0 heterocycles. The molecule has 0 aromatic rings. The van der Waals surface area contributed by atoms with Crippen molar-refractivity contribution in [2.24, 2.45) is 0 Å². The molecule has 0 aliphatic rings. The summed E-state index contributed by atoms with van der Waals surface area (Å²) < 4.78 is 14.8. The number of aliphatic hydroxyl groups is 1. The summed E-state index contributed by atoms with van der Waals surface area (Å²) in [7, 11) is -4.39. The average molecular weight is 227 g/mol. The lowest BCUT2D eigenvalue weighted by atomic mass is 10.1. The minimum absolute atomic E-state index is 0.0806. The first kappa shape index (κ1) is 14.0. The molecule has 0 spiro atoms. The van der Waals surface area contributed by atoms with E-state index in [-0.39, 0.29) is 13.2 Å². The van der Waals surface area contributed by atoms with Crippen LogP contribution in [-0.4, -0.2) is 40.2 Å². The van der Waals surface area contributed by atoms with Crippen LogP contribution >= 0.6 is 7.82 Å². The van der Waals surface area contributed by atoms with Gasteiger partial charge in [-0.1, -0.05) is 0 Å². The third-order valence-electron chi connectivity index (χ3n) is 1.53. The van der Waals surface area contributed by atoms with Crippen LogP contribution < -0.4 is 5.32 Å². The molecule has 0 unspecified atom stereocenters. The summed E-state index contributed by atoms with van der Waals surface area (Å²) in [5.41, 5.74) is -0.518. The van der Waals surface area contributed by atoms with E-state index in [1.165, 1.54) is 0 Å². The van der Waals surface area contributed by atoms with Crippen LogP contribution in [0.25, 0.3) is 0 Å². The fourth-order valence-electron chi connectivity index (χ4n) is 0.802. The number of aliphatic hydroxyl groups excluding tert-OH is 1. The Balaban J connectivity index is 3.77.